The van der Waals surface area contributed by atoms with Crippen molar-refractivity contribution in [2.45, 2.75) is 50.6 Å². The molecule has 0 amide bonds. The van der Waals surface area contributed by atoms with E-state index < -0.39 is 48.5 Å². The van der Waals surface area contributed by atoms with Crippen molar-refractivity contribution in [3.8, 4) is 0 Å². The summed E-state index contributed by atoms with van der Waals surface area (Å²) in [6, 6.07) is 1.30. The van der Waals surface area contributed by atoms with Crippen LogP contribution < -0.4 is 11.2 Å². The van der Waals surface area contributed by atoms with Crippen molar-refractivity contribution in [3.63, 3.8) is 0 Å². The molecule has 158 valence electrons. The van der Waals surface area contributed by atoms with Gasteiger partial charge in [0.1, 0.15) is 6.10 Å². The topological polar surface area (TPSA) is 158 Å². The third-order valence-electron chi connectivity index (χ3n) is 4.35. The van der Waals surface area contributed by atoms with E-state index in [1.807, 2.05) is 6.92 Å². The predicted molar refractivity (Wildman–Crippen MR) is 93.6 cm³/mol. The summed E-state index contributed by atoms with van der Waals surface area (Å²) in [5, 5.41) is 18.7. The van der Waals surface area contributed by atoms with Gasteiger partial charge >= 0.3 is 17.6 Å². The molecule has 0 aromatic carbocycles. The fourth-order valence-electron chi connectivity index (χ4n) is 3.02. The summed E-state index contributed by atoms with van der Waals surface area (Å²) in [5.74, 6) is -1.69. The van der Waals surface area contributed by atoms with Gasteiger partial charge in [-0.1, -0.05) is 13.3 Å². The van der Waals surface area contributed by atoms with E-state index in [1.165, 1.54) is 12.3 Å². The van der Waals surface area contributed by atoms with Crippen molar-refractivity contribution in [3.05, 3.63) is 34.9 Å². The maximum atomic E-state index is 12.3. The Morgan fingerprint density at radius 3 is 2.55 bits per heavy atom. The van der Waals surface area contributed by atoms with Crippen LogP contribution in [0.1, 0.15) is 26.0 Å². The van der Waals surface area contributed by atoms with Crippen molar-refractivity contribution < 1.29 is 38.9 Å². The molecule has 1 unspecified atom stereocenters. The van der Waals surface area contributed by atoms with Crippen LogP contribution in [0.3, 0.4) is 0 Å². The molecule has 0 bridgehead atoms. The maximum absolute atomic E-state index is 12.3. The summed E-state index contributed by atoms with van der Waals surface area (Å²) in [5.41, 5.74) is 0.944. The molecule has 2 aliphatic heterocycles. The van der Waals surface area contributed by atoms with Gasteiger partial charge < -0.3 is 24.1 Å². The van der Waals surface area contributed by atoms with Gasteiger partial charge in [0.2, 0.25) is 0 Å². The minimum Gasteiger partial charge on any atom is -0.452 e. The smallest absolute Gasteiger partial charge is 0.351 e. The van der Waals surface area contributed by atoms with E-state index in [4.69, 9.17) is 24.2 Å². The van der Waals surface area contributed by atoms with Gasteiger partial charge in [0, 0.05) is 18.3 Å². The summed E-state index contributed by atoms with van der Waals surface area (Å²) in [6.07, 6.45) is -1.23. The lowest BCUT2D eigenvalue weighted by Gasteiger charge is -2.25. The number of nitrogens with zero attached hydrogens (tertiary/aromatic N) is 2. The van der Waals surface area contributed by atoms with E-state index in [9.17, 15) is 19.5 Å². The molecular formula is C17H21N3O9. The van der Waals surface area contributed by atoms with Crippen LogP contribution in [0.5, 0.6) is 0 Å². The average Bonchev–Trinajstić information content (AvgIpc) is 3.00. The van der Waals surface area contributed by atoms with Gasteiger partial charge in [0.25, 0.3) is 0 Å². The van der Waals surface area contributed by atoms with Crippen LogP contribution in [-0.2, 0) is 28.5 Å². The number of carbonyl (C=O) groups excluding carboxylic acids is 2. The predicted octanol–water partition coefficient (Wildman–Crippen LogP) is -0.530. The van der Waals surface area contributed by atoms with Gasteiger partial charge in [-0.2, -0.15) is 4.98 Å². The fraction of sp³-hybridized carbons (Fsp3) is 0.529. The van der Waals surface area contributed by atoms with Gasteiger partial charge in [-0.3, -0.25) is 15.3 Å². The van der Waals surface area contributed by atoms with Crippen LogP contribution in [0.25, 0.3) is 0 Å². The first-order chi connectivity index (χ1) is 13.9. The van der Waals surface area contributed by atoms with Crippen molar-refractivity contribution >= 4 is 17.8 Å². The first kappa shape index (κ1) is 20.9. The highest BCUT2D eigenvalue weighted by Gasteiger charge is 2.51. The molecule has 1 aromatic rings. The molecule has 1 fully saturated rings. The van der Waals surface area contributed by atoms with Gasteiger partial charge in [-0.15, -0.1) is 0 Å². The minimum atomic E-state index is -1.17. The van der Waals surface area contributed by atoms with Crippen LogP contribution >= 0.6 is 0 Å². The van der Waals surface area contributed by atoms with E-state index in [0.29, 0.717) is 12.8 Å². The quantitative estimate of drug-likeness (QED) is 0.301. The lowest BCUT2D eigenvalue weighted by atomic mass is 10.1. The molecule has 1 saturated heterocycles. The summed E-state index contributed by atoms with van der Waals surface area (Å²) in [4.78, 5) is 39.8. The molecule has 1 aromatic heterocycles. The monoisotopic (exact) mass is 411 g/mol. The number of aromatic nitrogens is 2. The zero-order valence-electron chi connectivity index (χ0n) is 15.5. The number of anilines is 1. The number of nitrogens with one attached hydrogen (secondary N) is 1. The largest absolute Gasteiger partial charge is 0.452 e. The highest BCUT2D eigenvalue weighted by atomic mass is 16.7. The zero-order valence-corrected chi connectivity index (χ0v) is 15.5. The maximum Gasteiger partial charge on any atom is 0.351 e. The number of rotatable bonds is 7. The second kappa shape index (κ2) is 9.13. The molecule has 0 radical (unpaired) electrons. The Morgan fingerprint density at radius 1 is 1.24 bits per heavy atom. The van der Waals surface area contributed by atoms with Crippen molar-refractivity contribution in [2.24, 2.45) is 0 Å². The van der Waals surface area contributed by atoms with Gasteiger partial charge in [-0.25, -0.2) is 14.4 Å². The van der Waals surface area contributed by atoms with Crippen LogP contribution in [0.15, 0.2) is 29.2 Å². The Labute approximate surface area is 164 Å². The molecule has 5 atom stereocenters. The number of esters is 2. The fourth-order valence-corrected chi connectivity index (χ4v) is 3.02. The number of hydrogen-bond donors (Lipinski definition) is 3. The van der Waals surface area contributed by atoms with E-state index >= 15 is 0 Å². The lowest BCUT2D eigenvalue weighted by molar-refractivity contribution is -0.167. The Bertz CT molecular complexity index is 840. The number of hydrogen-bond acceptors (Lipinski definition) is 11. The number of aliphatic hydroxyl groups is 1. The van der Waals surface area contributed by atoms with Gasteiger partial charge in [0.15, 0.2) is 30.5 Å². The molecule has 0 saturated carbocycles. The lowest BCUT2D eigenvalue weighted by Crippen LogP contribution is -2.43. The Morgan fingerprint density at radius 2 is 1.93 bits per heavy atom. The van der Waals surface area contributed by atoms with E-state index in [1.54, 1.807) is 5.48 Å². The van der Waals surface area contributed by atoms with Crippen molar-refractivity contribution in [1.29, 1.82) is 0 Å². The van der Waals surface area contributed by atoms with Crippen LogP contribution in [-0.4, -0.2) is 63.0 Å². The molecule has 3 N–H and O–H groups in total. The highest BCUT2D eigenvalue weighted by molar-refractivity contribution is 5.92. The second-order valence-corrected chi connectivity index (χ2v) is 6.39. The van der Waals surface area contributed by atoms with Crippen LogP contribution in [0, 0.1) is 0 Å². The molecule has 12 nitrogen and oxygen atoms in total. The molecule has 0 spiro atoms. The molecule has 3 rings (SSSR count). The Hall–Kier alpha value is -2.80. The van der Waals surface area contributed by atoms with Crippen LogP contribution in [0.2, 0.25) is 0 Å². The normalized spacial score (nSPS) is 28.5. The first-order valence-corrected chi connectivity index (χ1v) is 8.96. The minimum absolute atomic E-state index is 0.0904. The molecular weight excluding hydrogens is 390 g/mol. The molecule has 3 heterocycles. The summed E-state index contributed by atoms with van der Waals surface area (Å²) < 4.78 is 22.8. The van der Waals surface area contributed by atoms with Crippen molar-refractivity contribution in [1.82, 2.24) is 9.55 Å². The standard InChI is InChI=1S/C17H21N3O9/c1-2-3-11(21)26-8-9-14-15(29-13(23)5-4-12(22)28-14)16(27-9)20-7-6-10(19-25)18-17(20)24/h4-7,9,11,14-16,21,25H,2-3,8H2,1H3,(H,18,19,24)/b5-4-/t9-,11?,14-,15-,16-/m1/s1. The van der Waals surface area contributed by atoms with E-state index in [2.05, 4.69) is 4.98 Å². The summed E-state index contributed by atoms with van der Waals surface area (Å²) in [6.45, 7) is 1.70. The number of ether oxygens (including phenoxy) is 4. The number of aliphatic hydroxyl groups excluding tert-OH is 1. The highest BCUT2D eigenvalue weighted by Crippen LogP contribution is 2.34. The Balaban J connectivity index is 1.90. The van der Waals surface area contributed by atoms with E-state index in [0.717, 1.165) is 16.7 Å². The van der Waals surface area contributed by atoms with Gasteiger partial charge in [-0.05, 0) is 12.5 Å². The summed E-state index contributed by atoms with van der Waals surface area (Å²) in [7, 11) is 0. The summed E-state index contributed by atoms with van der Waals surface area (Å²) >= 11 is 0. The molecule has 2 aliphatic rings. The molecule has 0 aliphatic carbocycles. The third-order valence-corrected chi connectivity index (χ3v) is 4.35. The number of fused-ring (bicyclic) bond motifs is 1. The number of carbonyl (C=O) groups is 2. The van der Waals surface area contributed by atoms with Crippen molar-refractivity contribution in [2.75, 3.05) is 12.1 Å². The molecule has 12 heteroatoms. The van der Waals surface area contributed by atoms with Crippen LogP contribution in [0.4, 0.5) is 5.82 Å². The SMILES string of the molecule is CCCC(O)OC[C@H]1O[C@@H](n2ccc(NO)nc2=O)[C@@H]2OC(=O)/C=C\C(=O)O[C@@H]21. The second-order valence-electron chi connectivity index (χ2n) is 6.39. The zero-order chi connectivity index (χ0) is 21.0. The van der Waals surface area contributed by atoms with Gasteiger partial charge in [0.05, 0.1) is 6.61 Å². The first-order valence-electron chi connectivity index (χ1n) is 8.96. The Kier molecular flexibility index (Phi) is 6.59. The third kappa shape index (κ3) is 4.79. The average molecular weight is 411 g/mol. The molecule has 29 heavy (non-hydrogen) atoms. The van der Waals surface area contributed by atoms with E-state index in [-0.39, 0.29) is 12.4 Å².